The van der Waals surface area contributed by atoms with E-state index in [1.807, 2.05) is 17.0 Å². The highest BCUT2D eigenvalue weighted by atomic mass is 35.5. The Morgan fingerprint density at radius 1 is 1.23 bits per heavy atom. The minimum atomic E-state index is 0. The lowest BCUT2D eigenvalue weighted by molar-refractivity contribution is -0.134. The SMILES string of the molecule is CC(C)(C)c1ccc(OCC(=O)N2CCC(N)CC2)cc1.Cl. The second kappa shape index (κ2) is 7.84. The van der Waals surface area contributed by atoms with Crippen LogP contribution in [0.25, 0.3) is 0 Å². The van der Waals surface area contributed by atoms with Gasteiger partial charge in [0.15, 0.2) is 6.61 Å². The number of piperidine rings is 1. The van der Waals surface area contributed by atoms with Crippen molar-refractivity contribution in [3.8, 4) is 5.75 Å². The Morgan fingerprint density at radius 2 is 1.77 bits per heavy atom. The summed E-state index contributed by atoms with van der Waals surface area (Å²) in [6, 6.07) is 8.21. The van der Waals surface area contributed by atoms with Crippen LogP contribution in [0, 0.1) is 0 Å². The Morgan fingerprint density at radius 3 is 2.27 bits per heavy atom. The van der Waals surface area contributed by atoms with Gasteiger partial charge >= 0.3 is 0 Å². The summed E-state index contributed by atoms with van der Waals surface area (Å²) in [4.78, 5) is 13.9. The van der Waals surface area contributed by atoms with Gasteiger partial charge in [-0.25, -0.2) is 0 Å². The minimum Gasteiger partial charge on any atom is -0.484 e. The average molecular weight is 327 g/mol. The standard InChI is InChI=1S/C17H26N2O2.ClH/c1-17(2,3)13-4-6-15(7-5-13)21-12-16(20)19-10-8-14(18)9-11-19;/h4-7,14H,8-12,18H2,1-3H3;1H. The number of amides is 1. The number of halogens is 1. The monoisotopic (exact) mass is 326 g/mol. The summed E-state index contributed by atoms with van der Waals surface area (Å²) >= 11 is 0. The molecule has 1 saturated heterocycles. The lowest BCUT2D eigenvalue weighted by Crippen LogP contribution is -2.44. The molecule has 2 N–H and O–H groups in total. The number of likely N-dealkylation sites (tertiary alicyclic amines) is 1. The Balaban J connectivity index is 0.00000242. The van der Waals surface area contributed by atoms with Crippen molar-refractivity contribution in [2.75, 3.05) is 19.7 Å². The van der Waals surface area contributed by atoms with E-state index in [2.05, 4.69) is 32.9 Å². The number of ether oxygens (including phenoxy) is 1. The van der Waals surface area contributed by atoms with E-state index in [1.165, 1.54) is 5.56 Å². The first-order chi connectivity index (χ1) is 9.86. The first kappa shape index (κ1) is 18.8. The summed E-state index contributed by atoms with van der Waals surface area (Å²) in [6.07, 6.45) is 1.76. The van der Waals surface area contributed by atoms with E-state index in [-0.39, 0.29) is 36.4 Å². The fourth-order valence-corrected chi connectivity index (χ4v) is 2.44. The molecule has 0 aliphatic carbocycles. The van der Waals surface area contributed by atoms with Gasteiger partial charge in [-0.2, -0.15) is 0 Å². The molecule has 22 heavy (non-hydrogen) atoms. The summed E-state index contributed by atoms with van der Waals surface area (Å²) in [6.45, 7) is 8.11. The third-order valence-electron chi connectivity index (χ3n) is 3.97. The zero-order valence-corrected chi connectivity index (χ0v) is 14.5. The van der Waals surface area contributed by atoms with Gasteiger partial charge in [0.2, 0.25) is 0 Å². The molecule has 1 heterocycles. The van der Waals surface area contributed by atoms with Crippen molar-refractivity contribution >= 4 is 18.3 Å². The number of nitrogens with two attached hydrogens (primary N) is 1. The summed E-state index contributed by atoms with van der Waals surface area (Å²) in [5.74, 6) is 0.784. The predicted octanol–water partition coefficient (Wildman–Crippen LogP) is 2.73. The number of carbonyl (C=O) groups is 1. The minimum absolute atomic E-state index is 0. The molecule has 1 aliphatic heterocycles. The quantitative estimate of drug-likeness (QED) is 0.929. The van der Waals surface area contributed by atoms with Gasteiger partial charge in [0.05, 0.1) is 0 Å². The second-order valence-corrected chi connectivity index (χ2v) is 6.78. The van der Waals surface area contributed by atoms with E-state index >= 15 is 0 Å². The summed E-state index contributed by atoms with van der Waals surface area (Å²) in [5.41, 5.74) is 7.22. The van der Waals surface area contributed by atoms with E-state index in [1.54, 1.807) is 0 Å². The van der Waals surface area contributed by atoms with Crippen LogP contribution < -0.4 is 10.5 Å². The lowest BCUT2D eigenvalue weighted by Gasteiger charge is -2.30. The highest BCUT2D eigenvalue weighted by Crippen LogP contribution is 2.24. The maximum atomic E-state index is 12.1. The molecular formula is C17H27ClN2O2. The molecule has 0 atom stereocenters. The van der Waals surface area contributed by atoms with Crippen LogP contribution in [-0.2, 0) is 10.2 Å². The third-order valence-corrected chi connectivity index (χ3v) is 3.97. The van der Waals surface area contributed by atoms with Crippen molar-refractivity contribution < 1.29 is 9.53 Å². The zero-order valence-electron chi connectivity index (χ0n) is 13.7. The Labute approximate surface area is 139 Å². The van der Waals surface area contributed by atoms with Crippen molar-refractivity contribution in [2.24, 2.45) is 5.73 Å². The number of carbonyl (C=O) groups excluding carboxylic acids is 1. The molecule has 0 aromatic heterocycles. The largest absolute Gasteiger partial charge is 0.484 e. The number of hydrogen-bond donors (Lipinski definition) is 1. The van der Waals surface area contributed by atoms with Crippen LogP contribution in [-0.4, -0.2) is 36.5 Å². The smallest absolute Gasteiger partial charge is 0.260 e. The van der Waals surface area contributed by atoms with Gasteiger partial charge in [0.25, 0.3) is 5.91 Å². The van der Waals surface area contributed by atoms with E-state index < -0.39 is 0 Å². The van der Waals surface area contributed by atoms with Crippen LogP contribution in [0.4, 0.5) is 0 Å². The molecule has 1 amide bonds. The van der Waals surface area contributed by atoms with Gasteiger partial charge in [-0.1, -0.05) is 32.9 Å². The molecule has 0 unspecified atom stereocenters. The zero-order chi connectivity index (χ0) is 15.5. The van der Waals surface area contributed by atoms with Gasteiger partial charge in [0.1, 0.15) is 5.75 Å². The van der Waals surface area contributed by atoms with Crippen LogP contribution in [0.15, 0.2) is 24.3 Å². The van der Waals surface area contributed by atoms with Crippen LogP contribution >= 0.6 is 12.4 Å². The maximum Gasteiger partial charge on any atom is 0.260 e. The van der Waals surface area contributed by atoms with Gasteiger partial charge < -0.3 is 15.4 Å². The highest BCUT2D eigenvalue weighted by Gasteiger charge is 2.20. The highest BCUT2D eigenvalue weighted by molar-refractivity contribution is 5.85. The average Bonchev–Trinajstić information content (AvgIpc) is 2.45. The fourth-order valence-electron chi connectivity index (χ4n) is 2.44. The predicted molar refractivity (Wildman–Crippen MR) is 91.7 cm³/mol. The molecule has 0 spiro atoms. The van der Waals surface area contributed by atoms with E-state index in [4.69, 9.17) is 10.5 Å². The molecule has 124 valence electrons. The van der Waals surface area contributed by atoms with Crippen LogP contribution in [0.5, 0.6) is 5.75 Å². The molecule has 1 aromatic rings. The summed E-state index contributed by atoms with van der Waals surface area (Å²) in [5, 5.41) is 0. The van der Waals surface area contributed by atoms with Crippen molar-refractivity contribution in [1.82, 2.24) is 4.90 Å². The van der Waals surface area contributed by atoms with Crippen molar-refractivity contribution in [2.45, 2.75) is 45.1 Å². The third kappa shape index (κ3) is 5.18. The van der Waals surface area contributed by atoms with Crippen molar-refractivity contribution in [3.63, 3.8) is 0 Å². The Bertz CT molecular complexity index is 474. The topological polar surface area (TPSA) is 55.6 Å². The van der Waals surface area contributed by atoms with Gasteiger partial charge in [-0.3, -0.25) is 4.79 Å². The molecule has 0 radical (unpaired) electrons. The number of benzene rings is 1. The van der Waals surface area contributed by atoms with Gasteiger partial charge in [-0.05, 0) is 36.0 Å². The fraction of sp³-hybridized carbons (Fsp3) is 0.588. The van der Waals surface area contributed by atoms with Crippen molar-refractivity contribution in [1.29, 1.82) is 0 Å². The first-order valence-corrected chi connectivity index (χ1v) is 7.63. The van der Waals surface area contributed by atoms with Crippen molar-refractivity contribution in [3.05, 3.63) is 29.8 Å². The molecule has 1 fully saturated rings. The molecule has 2 rings (SSSR count). The maximum absolute atomic E-state index is 12.1. The number of nitrogens with zero attached hydrogens (tertiary/aromatic N) is 1. The Kier molecular flexibility index (Phi) is 6.69. The molecule has 1 aromatic carbocycles. The van der Waals surface area contributed by atoms with Crippen LogP contribution in [0.2, 0.25) is 0 Å². The van der Waals surface area contributed by atoms with Gasteiger partial charge in [-0.15, -0.1) is 12.4 Å². The van der Waals surface area contributed by atoms with Crippen LogP contribution in [0.3, 0.4) is 0 Å². The van der Waals surface area contributed by atoms with E-state index in [0.29, 0.717) is 0 Å². The molecular weight excluding hydrogens is 300 g/mol. The summed E-state index contributed by atoms with van der Waals surface area (Å²) in [7, 11) is 0. The van der Waals surface area contributed by atoms with E-state index in [0.717, 1.165) is 31.7 Å². The normalized spacial score (nSPS) is 16.1. The molecule has 0 bridgehead atoms. The van der Waals surface area contributed by atoms with E-state index in [9.17, 15) is 4.79 Å². The molecule has 4 nitrogen and oxygen atoms in total. The lowest BCUT2D eigenvalue weighted by atomic mass is 9.87. The molecule has 0 saturated carbocycles. The summed E-state index contributed by atoms with van der Waals surface area (Å²) < 4.78 is 5.59. The Hall–Kier alpha value is -1.26. The van der Waals surface area contributed by atoms with Gasteiger partial charge in [0, 0.05) is 19.1 Å². The number of rotatable bonds is 3. The molecule has 1 aliphatic rings. The second-order valence-electron chi connectivity index (χ2n) is 6.78. The first-order valence-electron chi connectivity index (χ1n) is 7.63. The number of hydrogen-bond acceptors (Lipinski definition) is 3. The van der Waals surface area contributed by atoms with Crippen LogP contribution in [0.1, 0.15) is 39.2 Å². The molecule has 5 heteroatoms.